The summed E-state index contributed by atoms with van der Waals surface area (Å²) in [6.45, 7) is 2.66. The van der Waals surface area contributed by atoms with E-state index in [2.05, 4.69) is 10.2 Å². The molecule has 1 amide bonds. The molecule has 3 aromatic rings. The number of hydrogen-bond acceptors (Lipinski definition) is 4. The first-order valence-corrected chi connectivity index (χ1v) is 10.3. The molecule has 0 radical (unpaired) electrons. The standard InChI is InChI=1S/C23H23ClFN3O3/c1-2-10-28(23(31)21-22(30)20(29)14-26-27-21)11-9-19(15-5-3-7-17(24)12-15)16-6-4-8-18(25)13-16/h3-8,12-14,19H,2,9-11H2,1H3,(H,26,30)(H,27,29). The van der Waals surface area contributed by atoms with Crippen molar-refractivity contribution in [2.45, 2.75) is 25.7 Å². The summed E-state index contributed by atoms with van der Waals surface area (Å²) in [5.41, 5.74) is 0.699. The Morgan fingerprint density at radius 1 is 1.19 bits per heavy atom. The summed E-state index contributed by atoms with van der Waals surface area (Å²) in [6.07, 6.45) is 2.08. The highest BCUT2D eigenvalue weighted by molar-refractivity contribution is 6.30. The maximum Gasteiger partial charge on any atom is 0.275 e. The molecule has 1 heterocycles. The first-order chi connectivity index (χ1) is 14.9. The highest BCUT2D eigenvalue weighted by Gasteiger charge is 2.23. The first kappa shape index (κ1) is 22.5. The second kappa shape index (κ2) is 10.2. The maximum atomic E-state index is 13.9. The Balaban J connectivity index is 1.89. The molecular weight excluding hydrogens is 421 g/mol. The summed E-state index contributed by atoms with van der Waals surface area (Å²) in [5, 5.41) is 16.6. The Morgan fingerprint density at radius 2 is 1.90 bits per heavy atom. The molecule has 1 unspecified atom stereocenters. The van der Waals surface area contributed by atoms with Gasteiger partial charge in [0.2, 0.25) is 5.43 Å². The largest absolute Gasteiger partial charge is 0.502 e. The minimum atomic E-state index is -0.727. The molecule has 31 heavy (non-hydrogen) atoms. The number of nitrogens with zero attached hydrogens (tertiary/aromatic N) is 2. The maximum absolute atomic E-state index is 13.9. The fraction of sp³-hybridized carbons (Fsp3) is 0.261. The van der Waals surface area contributed by atoms with E-state index in [1.807, 2.05) is 31.2 Å². The number of carbonyl (C=O) groups is 1. The zero-order valence-electron chi connectivity index (χ0n) is 17.0. The van der Waals surface area contributed by atoms with Gasteiger partial charge in [-0.3, -0.25) is 14.7 Å². The molecule has 1 aromatic heterocycles. The lowest BCUT2D eigenvalue weighted by molar-refractivity contribution is 0.0741. The summed E-state index contributed by atoms with van der Waals surface area (Å²) in [7, 11) is 0. The monoisotopic (exact) mass is 443 g/mol. The molecular formula is C23H23ClFN3O3. The molecule has 1 atom stereocenters. The topological polar surface area (TPSA) is 86.3 Å². The lowest BCUT2D eigenvalue weighted by atomic mass is 9.88. The van der Waals surface area contributed by atoms with Crippen LogP contribution < -0.4 is 5.43 Å². The van der Waals surface area contributed by atoms with Crippen LogP contribution in [0.5, 0.6) is 5.75 Å². The predicted octanol–water partition coefficient (Wildman–Crippen LogP) is 4.34. The van der Waals surface area contributed by atoms with Crippen LogP contribution >= 0.6 is 11.6 Å². The van der Waals surface area contributed by atoms with Gasteiger partial charge in [0.15, 0.2) is 11.4 Å². The van der Waals surface area contributed by atoms with Crippen LogP contribution in [0.15, 0.2) is 59.5 Å². The zero-order chi connectivity index (χ0) is 22.4. The number of aromatic hydroxyl groups is 1. The highest BCUT2D eigenvalue weighted by Crippen LogP contribution is 2.30. The van der Waals surface area contributed by atoms with Crippen LogP contribution in [-0.2, 0) is 0 Å². The van der Waals surface area contributed by atoms with Crippen molar-refractivity contribution in [3.05, 3.63) is 92.6 Å². The molecule has 0 saturated heterocycles. The number of nitrogens with one attached hydrogen (secondary N) is 1. The third kappa shape index (κ3) is 5.49. The number of rotatable bonds is 8. The van der Waals surface area contributed by atoms with Gasteiger partial charge in [-0.15, -0.1) is 0 Å². The van der Waals surface area contributed by atoms with Crippen molar-refractivity contribution >= 4 is 17.5 Å². The Bertz CT molecular complexity index is 1070. The number of benzene rings is 2. The molecule has 0 aliphatic heterocycles. The van der Waals surface area contributed by atoms with Crippen molar-refractivity contribution in [2.75, 3.05) is 13.1 Å². The average Bonchev–Trinajstić information content (AvgIpc) is 2.75. The zero-order valence-corrected chi connectivity index (χ0v) is 17.8. The van der Waals surface area contributed by atoms with Gasteiger partial charge >= 0.3 is 0 Å². The summed E-state index contributed by atoms with van der Waals surface area (Å²) in [5.74, 6) is -1.72. The average molecular weight is 444 g/mol. The molecule has 0 saturated carbocycles. The third-order valence-electron chi connectivity index (χ3n) is 5.01. The Labute approximate surface area is 184 Å². The molecule has 0 bridgehead atoms. The Kier molecular flexibility index (Phi) is 7.41. The van der Waals surface area contributed by atoms with E-state index in [0.717, 1.165) is 17.3 Å². The number of hydrogen-bond donors (Lipinski definition) is 2. The van der Waals surface area contributed by atoms with Gasteiger partial charge < -0.3 is 10.0 Å². The molecule has 2 N–H and O–H groups in total. The van der Waals surface area contributed by atoms with Crippen molar-refractivity contribution in [2.24, 2.45) is 0 Å². The Morgan fingerprint density at radius 3 is 2.58 bits per heavy atom. The summed E-state index contributed by atoms with van der Waals surface area (Å²) in [4.78, 5) is 26.2. The fourth-order valence-corrected chi connectivity index (χ4v) is 3.74. The molecule has 0 aliphatic carbocycles. The number of aromatic amines is 1. The molecule has 3 rings (SSSR count). The smallest absolute Gasteiger partial charge is 0.275 e. The van der Waals surface area contributed by atoms with Crippen molar-refractivity contribution in [1.82, 2.24) is 15.1 Å². The van der Waals surface area contributed by atoms with Crippen LogP contribution in [0.2, 0.25) is 5.02 Å². The minimum Gasteiger partial charge on any atom is -0.502 e. The summed E-state index contributed by atoms with van der Waals surface area (Å²) < 4.78 is 13.9. The molecule has 2 aromatic carbocycles. The lowest BCUT2D eigenvalue weighted by Gasteiger charge is -2.26. The number of halogens is 2. The molecule has 6 nitrogen and oxygen atoms in total. The van der Waals surface area contributed by atoms with Gasteiger partial charge in [0, 0.05) is 24.0 Å². The fourth-order valence-electron chi connectivity index (χ4n) is 3.54. The predicted molar refractivity (Wildman–Crippen MR) is 117 cm³/mol. The van der Waals surface area contributed by atoms with Crippen LogP contribution in [0.25, 0.3) is 0 Å². The van der Waals surface area contributed by atoms with Crippen LogP contribution in [0.1, 0.15) is 47.3 Å². The van der Waals surface area contributed by atoms with Crippen molar-refractivity contribution in [1.29, 1.82) is 0 Å². The van der Waals surface area contributed by atoms with E-state index in [4.69, 9.17) is 11.6 Å². The minimum absolute atomic E-state index is 0.205. The van der Waals surface area contributed by atoms with Gasteiger partial charge in [-0.25, -0.2) is 4.39 Å². The first-order valence-electron chi connectivity index (χ1n) is 9.97. The summed E-state index contributed by atoms with van der Waals surface area (Å²) >= 11 is 6.18. The number of H-pyrrole nitrogens is 1. The Hall–Kier alpha value is -3.19. The van der Waals surface area contributed by atoms with E-state index < -0.39 is 17.1 Å². The third-order valence-corrected chi connectivity index (χ3v) is 5.25. The molecule has 162 valence electrons. The van der Waals surface area contributed by atoms with E-state index in [1.54, 1.807) is 17.0 Å². The van der Waals surface area contributed by atoms with Crippen LogP contribution in [0, 0.1) is 5.82 Å². The van der Waals surface area contributed by atoms with Gasteiger partial charge in [0.25, 0.3) is 5.91 Å². The van der Waals surface area contributed by atoms with Crippen molar-refractivity contribution < 1.29 is 14.3 Å². The van der Waals surface area contributed by atoms with E-state index in [0.29, 0.717) is 31.0 Å². The SMILES string of the molecule is CCCN(CCC(c1cccc(F)c1)c1cccc(Cl)c1)C(=O)c1[nH]ncc(=O)c1O. The number of amides is 1. The number of aromatic nitrogens is 2. The highest BCUT2D eigenvalue weighted by atomic mass is 35.5. The van der Waals surface area contributed by atoms with Gasteiger partial charge in [-0.1, -0.05) is 42.8 Å². The van der Waals surface area contributed by atoms with Crippen LogP contribution in [0.3, 0.4) is 0 Å². The van der Waals surface area contributed by atoms with Crippen LogP contribution in [-0.4, -0.2) is 39.2 Å². The van der Waals surface area contributed by atoms with Gasteiger partial charge in [0.05, 0.1) is 6.20 Å². The quantitative estimate of drug-likeness (QED) is 0.542. The van der Waals surface area contributed by atoms with Crippen molar-refractivity contribution in [3.8, 4) is 5.75 Å². The normalized spacial score (nSPS) is 11.8. The van der Waals surface area contributed by atoms with Crippen molar-refractivity contribution in [3.63, 3.8) is 0 Å². The number of carbonyl (C=O) groups excluding carboxylic acids is 1. The van der Waals surface area contributed by atoms with E-state index >= 15 is 0 Å². The molecule has 8 heteroatoms. The second-order valence-corrected chi connectivity index (χ2v) is 7.64. The molecule has 0 spiro atoms. The lowest BCUT2D eigenvalue weighted by Crippen LogP contribution is -2.35. The van der Waals surface area contributed by atoms with Gasteiger partial charge in [-0.05, 0) is 48.2 Å². The summed E-state index contributed by atoms with van der Waals surface area (Å²) in [6, 6.07) is 13.7. The van der Waals surface area contributed by atoms with Crippen LogP contribution in [0.4, 0.5) is 4.39 Å². The van der Waals surface area contributed by atoms with E-state index in [9.17, 15) is 19.1 Å². The van der Waals surface area contributed by atoms with E-state index in [1.165, 1.54) is 12.1 Å². The van der Waals surface area contributed by atoms with Gasteiger partial charge in [0.1, 0.15) is 5.82 Å². The molecule has 0 aliphatic rings. The van der Waals surface area contributed by atoms with Gasteiger partial charge in [-0.2, -0.15) is 5.10 Å². The second-order valence-electron chi connectivity index (χ2n) is 7.20. The van der Waals surface area contributed by atoms with E-state index in [-0.39, 0.29) is 17.4 Å². The molecule has 0 fully saturated rings.